The molecule has 0 aliphatic rings. The minimum absolute atomic E-state index is 0.302. The number of benzene rings is 3. The van der Waals surface area contributed by atoms with Gasteiger partial charge in [-0.1, -0.05) is 30.3 Å². The van der Waals surface area contributed by atoms with Crippen LogP contribution in [0.25, 0.3) is 22.2 Å². The number of rotatable bonds is 7. The van der Waals surface area contributed by atoms with Gasteiger partial charge in [-0.3, -0.25) is 9.56 Å². The number of carbonyl (C=O) groups is 1. The molecule has 168 valence electrons. The highest BCUT2D eigenvalue weighted by Crippen LogP contribution is 2.28. The van der Waals surface area contributed by atoms with E-state index < -0.39 is 5.97 Å². The zero-order valence-electron chi connectivity index (χ0n) is 18.7. The zero-order chi connectivity index (χ0) is 23.4. The first-order valence-corrected chi connectivity index (χ1v) is 10.6. The molecule has 0 spiro atoms. The summed E-state index contributed by atoms with van der Waals surface area (Å²) in [5, 5.41) is 0. The minimum Gasteiger partial charge on any atom is -0.465 e. The highest BCUT2D eigenvalue weighted by atomic mass is 19.1. The lowest BCUT2D eigenvalue weighted by atomic mass is 9.99. The van der Waals surface area contributed by atoms with Gasteiger partial charge in [0.15, 0.2) is 0 Å². The molecule has 7 heteroatoms. The SMILES string of the molecule is CCOc1nc2cccc(C(=O)OC)c2n1Cc1ccc(-c2cc(F)ccc2C=NC)cc1. The molecule has 1 aromatic heterocycles. The van der Waals surface area contributed by atoms with Crippen molar-refractivity contribution in [2.45, 2.75) is 13.5 Å². The average molecular weight is 445 g/mol. The number of carbonyl (C=O) groups excluding carboxylic acids is 1. The summed E-state index contributed by atoms with van der Waals surface area (Å²) in [5.74, 6) is -0.736. The number of esters is 1. The number of nitrogens with zero attached hydrogens (tertiary/aromatic N) is 3. The molecular weight excluding hydrogens is 421 g/mol. The first kappa shape index (κ1) is 22.2. The van der Waals surface area contributed by atoms with Crippen molar-refractivity contribution in [1.82, 2.24) is 9.55 Å². The standard InChI is InChI=1S/C26H24FN3O3/c1-4-33-26-29-23-7-5-6-21(25(31)32-3)24(23)30(26)16-17-8-10-18(11-9-17)22-14-20(27)13-12-19(22)15-28-2/h5-15H,4,16H2,1-3H3. The van der Waals surface area contributed by atoms with Gasteiger partial charge in [0.2, 0.25) is 0 Å². The number of imidazole rings is 1. The maximum atomic E-state index is 13.9. The normalized spacial score (nSPS) is 11.3. The Labute approximate surface area is 191 Å². The number of para-hydroxylation sites is 1. The minimum atomic E-state index is -0.434. The van der Waals surface area contributed by atoms with Crippen molar-refractivity contribution in [3.8, 4) is 17.1 Å². The van der Waals surface area contributed by atoms with Crippen LogP contribution in [0.2, 0.25) is 0 Å². The fourth-order valence-corrected chi connectivity index (χ4v) is 3.83. The van der Waals surface area contributed by atoms with Crippen LogP contribution >= 0.6 is 0 Å². The molecule has 0 radical (unpaired) electrons. The molecule has 0 bridgehead atoms. The third-order valence-corrected chi connectivity index (χ3v) is 5.30. The Bertz CT molecular complexity index is 1330. The van der Waals surface area contributed by atoms with E-state index in [0.717, 1.165) is 22.3 Å². The van der Waals surface area contributed by atoms with Crippen LogP contribution in [0.1, 0.15) is 28.4 Å². The van der Waals surface area contributed by atoms with Gasteiger partial charge >= 0.3 is 5.97 Å². The molecule has 0 saturated carbocycles. The molecule has 6 nitrogen and oxygen atoms in total. The summed E-state index contributed by atoms with van der Waals surface area (Å²) in [4.78, 5) is 21.0. The number of hydrogen-bond acceptors (Lipinski definition) is 5. The molecule has 33 heavy (non-hydrogen) atoms. The lowest BCUT2D eigenvalue weighted by Gasteiger charge is -2.12. The van der Waals surface area contributed by atoms with E-state index in [-0.39, 0.29) is 5.82 Å². The molecule has 0 amide bonds. The van der Waals surface area contributed by atoms with Gasteiger partial charge < -0.3 is 9.47 Å². The number of halogens is 1. The van der Waals surface area contributed by atoms with E-state index in [1.54, 1.807) is 31.5 Å². The van der Waals surface area contributed by atoms with Crippen LogP contribution in [0.15, 0.2) is 65.7 Å². The first-order chi connectivity index (χ1) is 16.0. The summed E-state index contributed by atoms with van der Waals surface area (Å²) < 4.78 is 26.5. The Hall–Kier alpha value is -4.00. The van der Waals surface area contributed by atoms with Crippen molar-refractivity contribution in [2.75, 3.05) is 20.8 Å². The molecule has 0 saturated heterocycles. The van der Waals surface area contributed by atoms with Crippen molar-refractivity contribution in [3.05, 3.63) is 83.2 Å². The molecular formula is C26H24FN3O3. The van der Waals surface area contributed by atoms with Gasteiger partial charge in [-0.05, 0) is 53.9 Å². The second kappa shape index (κ2) is 9.65. The summed E-state index contributed by atoms with van der Waals surface area (Å²) in [6.45, 7) is 2.76. The van der Waals surface area contributed by atoms with E-state index in [1.165, 1.54) is 19.2 Å². The van der Waals surface area contributed by atoms with E-state index in [2.05, 4.69) is 9.98 Å². The van der Waals surface area contributed by atoms with Gasteiger partial charge in [-0.25, -0.2) is 9.18 Å². The summed E-state index contributed by atoms with van der Waals surface area (Å²) in [6.07, 6.45) is 1.71. The predicted molar refractivity (Wildman–Crippen MR) is 127 cm³/mol. The molecule has 4 rings (SSSR count). The summed E-state index contributed by atoms with van der Waals surface area (Å²) in [7, 11) is 3.04. The maximum absolute atomic E-state index is 13.9. The van der Waals surface area contributed by atoms with Gasteiger partial charge in [-0.15, -0.1) is 0 Å². The Morgan fingerprint density at radius 3 is 2.64 bits per heavy atom. The average Bonchev–Trinajstić information content (AvgIpc) is 3.17. The Balaban J connectivity index is 1.74. The van der Waals surface area contributed by atoms with E-state index in [4.69, 9.17) is 9.47 Å². The van der Waals surface area contributed by atoms with E-state index in [0.29, 0.717) is 35.8 Å². The molecule has 3 aromatic carbocycles. The quantitative estimate of drug-likeness (QED) is 0.292. The lowest BCUT2D eigenvalue weighted by Crippen LogP contribution is -2.09. The van der Waals surface area contributed by atoms with Gasteiger partial charge in [0.25, 0.3) is 6.01 Å². The van der Waals surface area contributed by atoms with Crippen molar-refractivity contribution < 1.29 is 18.7 Å². The number of ether oxygens (including phenoxy) is 2. The highest BCUT2D eigenvalue weighted by Gasteiger charge is 2.19. The summed E-state index contributed by atoms with van der Waals surface area (Å²) in [6, 6.07) is 18.2. The van der Waals surface area contributed by atoms with Crippen LogP contribution in [0.5, 0.6) is 6.01 Å². The van der Waals surface area contributed by atoms with E-state index in [9.17, 15) is 9.18 Å². The van der Waals surface area contributed by atoms with Crippen LogP contribution in [0.4, 0.5) is 4.39 Å². The van der Waals surface area contributed by atoms with E-state index >= 15 is 0 Å². The molecule has 0 fully saturated rings. The number of methoxy groups -OCH3 is 1. The molecule has 0 aliphatic carbocycles. The zero-order valence-corrected chi connectivity index (χ0v) is 18.7. The fourth-order valence-electron chi connectivity index (χ4n) is 3.83. The highest BCUT2D eigenvalue weighted by molar-refractivity contribution is 6.02. The van der Waals surface area contributed by atoms with Gasteiger partial charge in [-0.2, -0.15) is 4.98 Å². The molecule has 0 aliphatic heterocycles. The van der Waals surface area contributed by atoms with Gasteiger partial charge in [0, 0.05) is 18.8 Å². The maximum Gasteiger partial charge on any atom is 0.340 e. The Morgan fingerprint density at radius 2 is 1.94 bits per heavy atom. The van der Waals surface area contributed by atoms with E-state index in [1.807, 2.05) is 41.8 Å². The molecule has 0 atom stereocenters. The Morgan fingerprint density at radius 1 is 1.15 bits per heavy atom. The molecule has 0 unspecified atom stereocenters. The summed E-state index contributed by atoms with van der Waals surface area (Å²) >= 11 is 0. The Kier molecular flexibility index (Phi) is 6.49. The predicted octanol–water partition coefficient (Wildman–Crippen LogP) is 5.12. The molecule has 1 heterocycles. The second-order valence-electron chi connectivity index (χ2n) is 7.39. The van der Waals surface area contributed by atoms with Crippen LogP contribution < -0.4 is 4.74 Å². The van der Waals surface area contributed by atoms with Gasteiger partial charge in [0.1, 0.15) is 5.82 Å². The topological polar surface area (TPSA) is 65.7 Å². The monoisotopic (exact) mass is 445 g/mol. The third-order valence-electron chi connectivity index (χ3n) is 5.30. The van der Waals surface area contributed by atoms with Crippen molar-refractivity contribution in [3.63, 3.8) is 0 Å². The number of fused-ring (bicyclic) bond motifs is 1. The van der Waals surface area contributed by atoms with Crippen molar-refractivity contribution in [1.29, 1.82) is 0 Å². The second-order valence-corrected chi connectivity index (χ2v) is 7.39. The fraction of sp³-hybridized carbons (Fsp3) is 0.192. The summed E-state index contributed by atoms with van der Waals surface area (Å²) in [5.41, 5.74) is 5.19. The van der Waals surface area contributed by atoms with Crippen LogP contribution in [-0.4, -0.2) is 42.5 Å². The largest absolute Gasteiger partial charge is 0.465 e. The lowest BCUT2D eigenvalue weighted by molar-refractivity contribution is 0.0602. The third kappa shape index (κ3) is 4.48. The molecule has 4 aromatic rings. The van der Waals surface area contributed by atoms with Gasteiger partial charge in [0.05, 0.1) is 36.9 Å². The number of aromatic nitrogens is 2. The van der Waals surface area contributed by atoms with Crippen molar-refractivity contribution in [2.24, 2.45) is 4.99 Å². The number of aliphatic imine (C=N–C) groups is 1. The number of hydrogen-bond donors (Lipinski definition) is 0. The molecule has 0 N–H and O–H groups in total. The van der Waals surface area contributed by atoms with Crippen LogP contribution in [-0.2, 0) is 11.3 Å². The van der Waals surface area contributed by atoms with Crippen molar-refractivity contribution >= 4 is 23.2 Å². The smallest absolute Gasteiger partial charge is 0.340 e. The van der Waals surface area contributed by atoms with Crippen LogP contribution in [0, 0.1) is 5.82 Å². The van der Waals surface area contributed by atoms with Crippen LogP contribution in [0.3, 0.4) is 0 Å². The first-order valence-electron chi connectivity index (χ1n) is 10.6.